The molecule has 0 aromatic heterocycles. The van der Waals surface area contributed by atoms with E-state index in [0.29, 0.717) is 0 Å². The van der Waals surface area contributed by atoms with Gasteiger partial charge in [-0.25, -0.2) is 8.42 Å². The Labute approximate surface area is 107 Å². The number of carbonyl (C=O) groups is 1. The summed E-state index contributed by atoms with van der Waals surface area (Å²) in [4.78, 5) is 10.8. The average molecular weight is 279 g/mol. The number of sulfonamides is 1. The van der Waals surface area contributed by atoms with Crippen LogP contribution in [0.5, 0.6) is 0 Å². The monoisotopic (exact) mass is 279 g/mol. The molecule has 7 heteroatoms. The summed E-state index contributed by atoms with van der Waals surface area (Å²) in [6.07, 6.45) is 3.66. The molecular weight excluding hydrogens is 258 g/mol. The van der Waals surface area contributed by atoms with E-state index < -0.39 is 28.1 Å². The van der Waals surface area contributed by atoms with Crippen molar-refractivity contribution in [2.45, 2.75) is 51.2 Å². The Bertz CT molecular complexity index is 373. The molecule has 0 aromatic carbocycles. The third-order valence-corrected chi connectivity index (χ3v) is 4.76. The summed E-state index contributed by atoms with van der Waals surface area (Å²) in [5.74, 6) is -1.32. The Morgan fingerprint density at radius 2 is 1.89 bits per heavy atom. The van der Waals surface area contributed by atoms with Crippen LogP contribution in [0.3, 0.4) is 0 Å². The van der Waals surface area contributed by atoms with Crippen LogP contribution in [0.1, 0.15) is 39.0 Å². The van der Waals surface area contributed by atoms with Crippen molar-refractivity contribution in [2.24, 2.45) is 5.92 Å². The lowest BCUT2D eigenvalue weighted by Gasteiger charge is -2.23. The average Bonchev–Trinajstić information content (AvgIpc) is 2.26. The number of aliphatic carboxylic acids is 1. The van der Waals surface area contributed by atoms with Gasteiger partial charge in [0.25, 0.3) is 0 Å². The van der Waals surface area contributed by atoms with Crippen LogP contribution >= 0.6 is 0 Å². The molecule has 6 nitrogen and oxygen atoms in total. The number of carboxylic acid groups (broad SMARTS) is 1. The van der Waals surface area contributed by atoms with Crippen molar-refractivity contribution >= 4 is 16.0 Å². The van der Waals surface area contributed by atoms with Gasteiger partial charge >= 0.3 is 5.97 Å². The maximum absolute atomic E-state index is 11.8. The van der Waals surface area contributed by atoms with E-state index in [-0.39, 0.29) is 11.7 Å². The number of carboxylic acids is 1. The minimum Gasteiger partial charge on any atom is -0.480 e. The van der Waals surface area contributed by atoms with Gasteiger partial charge in [-0.05, 0) is 25.7 Å². The molecular formula is C11H21NO5S. The molecule has 0 bridgehead atoms. The van der Waals surface area contributed by atoms with E-state index in [1.54, 1.807) is 0 Å². The lowest BCUT2D eigenvalue weighted by Crippen LogP contribution is -2.48. The highest BCUT2D eigenvalue weighted by atomic mass is 32.2. The first-order valence-electron chi connectivity index (χ1n) is 6.22. The molecule has 3 N–H and O–H groups in total. The van der Waals surface area contributed by atoms with E-state index in [0.717, 1.165) is 32.1 Å². The number of rotatable bonds is 6. The first-order chi connectivity index (χ1) is 8.32. The van der Waals surface area contributed by atoms with Crippen molar-refractivity contribution in [1.82, 2.24) is 4.72 Å². The zero-order valence-corrected chi connectivity index (χ0v) is 11.3. The molecule has 0 amide bonds. The predicted molar refractivity (Wildman–Crippen MR) is 66.6 cm³/mol. The maximum atomic E-state index is 11.8. The second kappa shape index (κ2) is 6.49. The van der Waals surface area contributed by atoms with Gasteiger partial charge in [0.2, 0.25) is 10.0 Å². The first-order valence-corrected chi connectivity index (χ1v) is 7.88. The fourth-order valence-electron chi connectivity index (χ4n) is 2.26. The standard InChI is InChI=1S/C11H21NO5S/c1-8(13)10(11(14)15)12-18(16,17)7-9-5-3-2-4-6-9/h8-10,12-13H,2-7H2,1H3,(H,14,15). The van der Waals surface area contributed by atoms with Gasteiger partial charge in [-0.15, -0.1) is 0 Å². The molecule has 0 aliphatic heterocycles. The quantitative estimate of drug-likeness (QED) is 0.649. The van der Waals surface area contributed by atoms with Gasteiger partial charge in [0.1, 0.15) is 6.04 Å². The zero-order valence-electron chi connectivity index (χ0n) is 10.5. The Morgan fingerprint density at radius 3 is 2.33 bits per heavy atom. The summed E-state index contributed by atoms with van der Waals surface area (Å²) in [7, 11) is -3.66. The summed E-state index contributed by atoms with van der Waals surface area (Å²) >= 11 is 0. The highest BCUT2D eigenvalue weighted by molar-refractivity contribution is 7.89. The second-order valence-electron chi connectivity index (χ2n) is 4.96. The van der Waals surface area contributed by atoms with Gasteiger partial charge < -0.3 is 10.2 Å². The molecule has 1 aliphatic carbocycles. The lowest BCUT2D eigenvalue weighted by molar-refractivity contribution is -0.141. The minimum absolute atomic E-state index is 0.0521. The van der Waals surface area contributed by atoms with Gasteiger partial charge in [0.05, 0.1) is 11.9 Å². The van der Waals surface area contributed by atoms with Crippen molar-refractivity contribution in [1.29, 1.82) is 0 Å². The number of hydrogen-bond donors (Lipinski definition) is 3. The Balaban J connectivity index is 2.59. The molecule has 0 aromatic rings. The molecule has 106 valence electrons. The molecule has 2 atom stereocenters. The van der Waals surface area contributed by atoms with Gasteiger partial charge in [0, 0.05) is 0 Å². The number of aliphatic hydroxyl groups excluding tert-OH is 1. The summed E-state index contributed by atoms with van der Waals surface area (Å²) in [6, 6.07) is -1.47. The van der Waals surface area contributed by atoms with E-state index in [1.165, 1.54) is 6.92 Å². The zero-order chi connectivity index (χ0) is 13.8. The summed E-state index contributed by atoms with van der Waals surface area (Å²) in [6.45, 7) is 1.25. The van der Waals surface area contributed by atoms with Crippen LogP contribution in [0.2, 0.25) is 0 Å². The number of nitrogens with one attached hydrogen (secondary N) is 1. The number of hydrogen-bond acceptors (Lipinski definition) is 4. The maximum Gasteiger partial charge on any atom is 0.324 e. The third-order valence-electron chi connectivity index (χ3n) is 3.23. The minimum atomic E-state index is -3.66. The van der Waals surface area contributed by atoms with Gasteiger partial charge in [0.15, 0.2) is 0 Å². The van der Waals surface area contributed by atoms with Crippen LogP contribution in [0.4, 0.5) is 0 Å². The van der Waals surface area contributed by atoms with E-state index in [2.05, 4.69) is 4.72 Å². The topological polar surface area (TPSA) is 104 Å². The van der Waals surface area contributed by atoms with Gasteiger partial charge in [-0.1, -0.05) is 19.3 Å². The van der Waals surface area contributed by atoms with Crippen LogP contribution in [0.15, 0.2) is 0 Å². The lowest BCUT2D eigenvalue weighted by atomic mass is 9.91. The molecule has 2 unspecified atom stereocenters. The van der Waals surface area contributed by atoms with Crippen LogP contribution in [0.25, 0.3) is 0 Å². The molecule has 0 saturated heterocycles. The van der Waals surface area contributed by atoms with Crippen LogP contribution in [-0.2, 0) is 14.8 Å². The van der Waals surface area contributed by atoms with Crippen LogP contribution < -0.4 is 4.72 Å². The summed E-state index contributed by atoms with van der Waals surface area (Å²) in [5.41, 5.74) is 0. The van der Waals surface area contributed by atoms with E-state index >= 15 is 0 Å². The van der Waals surface area contributed by atoms with Crippen molar-refractivity contribution in [3.05, 3.63) is 0 Å². The predicted octanol–water partition coefficient (Wildman–Crippen LogP) is 0.320. The van der Waals surface area contributed by atoms with Gasteiger partial charge in [-0.2, -0.15) is 4.72 Å². The molecule has 18 heavy (non-hydrogen) atoms. The number of aliphatic hydroxyl groups is 1. The summed E-state index contributed by atoms with van der Waals surface area (Å²) in [5, 5.41) is 18.1. The molecule has 1 rings (SSSR count). The molecule has 0 radical (unpaired) electrons. The molecule has 1 saturated carbocycles. The second-order valence-corrected chi connectivity index (χ2v) is 6.76. The molecule has 1 aliphatic rings. The Hall–Kier alpha value is -0.660. The Kier molecular flexibility index (Phi) is 5.55. The third kappa shape index (κ3) is 4.91. The fraction of sp³-hybridized carbons (Fsp3) is 0.909. The van der Waals surface area contributed by atoms with Crippen molar-refractivity contribution in [3.63, 3.8) is 0 Å². The SMILES string of the molecule is CC(O)C(NS(=O)(=O)CC1CCCCC1)C(=O)O. The smallest absolute Gasteiger partial charge is 0.324 e. The first kappa shape index (κ1) is 15.4. The molecule has 0 heterocycles. The highest BCUT2D eigenvalue weighted by Gasteiger charge is 2.30. The van der Waals surface area contributed by atoms with Crippen LogP contribution in [-0.4, -0.2) is 42.5 Å². The van der Waals surface area contributed by atoms with E-state index in [4.69, 9.17) is 5.11 Å². The van der Waals surface area contributed by atoms with Crippen molar-refractivity contribution in [3.8, 4) is 0 Å². The van der Waals surface area contributed by atoms with E-state index in [1.807, 2.05) is 0 Å². The molecule has 0 spiro atoms. The summed E-state index contributed by atoms with van der Waals surface area (Å²) < 4.78 is 25.7. The van der Waals surface area contributed by atoms with E-state index in [9.17, 15) is 18.3 Å². The van der Waals surface area contributed by atoms with Gasteiger partial charge in [-0.3, -0.25) is 4.79 Å². The Morgan fingerprint density at radius 1 is 1.33 bits per heavy atom. The fourth-order valence-corrected chi connectivity index (χ4v) is 4.00. The molecule has 1 fully saturated rings. The van der Waals surface area contributed by atoms with Crippen molar-refractivity contribution < 1.29 is 23.4 Å². The normalized spacial score (nSPS) is 21.4. The largest absolute Gasteiger partial charge is 0.480 e. The highest BCUT2D eigenvalue weighted by Crippen LogP contribution is 2.24. The van der Waals surface area contributed by atoms with Crippen LogP contribution in [0, 0.1) is 5.92 Å². The van der Waals surface area contributed by atoms with Crippen molar-refractivity contribution in [2.75, 3.05) is 5.75 Å².